The molecule has 0 aromatic heterocycles. The van der Waals surface area contributed by atoms with Crippen LogP contribution in [0.15, 0.2) is 36.4 Å². The van der Waals surface area contributed by atoms with Gasteiger partial charge < -0.3 is 10.4 Å². The molecule has 2 aromatic carbocycles. The summed E-state index contributed by atoms with van der Waals surface area (Å²) < 4.78 is 0. The zero-order valence-corrected chi connectivity index (χ0v) is 15.4. The van der Waals surface area contributed by atoms with Gasteiger partial charge in [0.2, 0.25) is 5.91 Å². The Bertz CT molecular complexity index is 756. The number of hydrogen-bond acceptors (Lipinski definition) is 3. The van der Waals surface area contributed by atoms with Crippen molar-refractivity contribution in [2.75, 3.05) is 18.4 Å². The number of nitrogens with one attached hydrogen (secondary N) is 1. The summed E-state index contributed by atoms with van der Waals surface area (Å²) in [6, 6.07) is 12.6. The van der Waals surface area contributed by atoms with E-state index < -0.39 is 5.41 Å². The standard InChI is InChI=1S/C21H28N2O2/c1-21(2,3)20(25)22-18-7-6-16-12-15(4-5-17(16)13-18)14-23-10-8-19(24)9-11-23/h4-7,12-13,19,24H,8-11,14H2,1-3H3,(H,22,25). The smallest absolute Gasteiger partial charge is 0.229 e. The molecule has 2 aromatic rings. The highest BCUT2D eigenvalue weighted by Gasteiger charge is 2.21. The van der Waals surface area contributed by atoms with Crippen LogP contribution in [0, 0.1) is 5.41 Å². The SMILES string of the molecule is CC(C)(C)C(=O)Nc1ccc2cc(CN3CCC(O)CC3)ccc2c1. The van der Waals surface area contributed by atoms with Gasteiger partial charge in [0.1, 0.15) is 0 Å². The van der Waals surface area contributed by atoms with Crippen molar-refractivity contribution in [3.8, 4) is 0 Å². The van der Waals surface area contributed by atoms with Crippen molar-refractivity contribution in [3.63, 3.8) is 0 Å². The molecule has 1 saturated heterocycles. The van der Waals surface area contributed by atoms with Gasteiger partial charge in [-0.2, -0.15) is 0 Å². The van der Waals surface area contributed by atoms with Crippen molar-refractivity contribution < 1.29 is 9.90 Å². The molecule has 0 spiro atoms. The number of anilines is 1. The number of nitrogens with zero attached hydrogens (tertiary/aromatic N) is 1. The maximum atomic E-state index is 12.1. The van der Waals surface area contributed by atoms with Crippen LogP contribution in [0.1, 0.15) is 39.2 Å². The Balaban J connectivity index is 1.71. The van der Waals surface area contributed by atoms with Crippen LogP contribution in [0.2, 0.25) is 0 Å². The van der Waals surface area contributed by atoms with E-state index in [4.69, 9.17) is 0 Å². The van der Waals surface area contributed by atoms with E-state index in [1.165, 1.54) is 10.9 Å². The third-order valence-electron chi connectivity index (χ3n) is 4.81. The van der Waals surface area contributed by atoms with Crippen LogP contribution >= 0.6 is 0 Å². The first-order valence-corrected chi connectivity index (χ1v) is 9.06. The lowest BCUT2D eigenvalue weighted by Gasteiger charge is -2.29. The molecule has 1 heterocycles. The number of hydrogen-bond donors (Lipinski definition) is 2. The van der Waals surface area contributed by atoms with Crippen LogP contribution < -0.4 is 5.32 Å². The van der Waals surface area contributed by atoms with Crippen molar-refractivity contribution in [1.29, 1.82) is 0 Å². The van der Waals surface area contributed by atoms with Gasteiger partial charge in [-0.15, -0.1) is 0 Å². The van der Waals surface area contributed by atoms with Crippen molar-refractivity contribution in [2.24, 2.45) is 5.41 Å². The number of aliphatic hydroxyl groups excluding tert-OH is 1. The Morgan fingerprint density at radius 3 is 2.44 bits per heavy atom. The fraction of sp³-hybridized carbons (Fsp3) is 0.476. The van der Waals surface area contributed by atoms with Gasteiger partial charge in [-0.3, -0.25) is 9.69 Å². The van der Waals surface area contributed by atoms with Crippen LogP contribution in [-0.2, 0) is 11.3 Å². The molecule has 1 fully saturated rings. The highest BCUT2D eigenvalue weighted by atomic mass is 16.3. The van der Waals surface area contributed by atoms with Gasteiger partial charge in [-0.05, 0) is 47.4 Å². The van der Waals surface area contributed by atoms with Gasteiger partial charge in [0, 0.05) is 30.7 Å². The van der Waals surface area contributed by atoms with E-state index in [9.17, 15) is 9.90 Å². The van der Waals surface area contributed by atoms with Crippen molar-refractivity contribution in [2.45, 2.75) is 46.3 Å². The fourth-order valence-corrected chi connectivity index (χ4v) is 3.13. The number of piperidine rings is 1. The molecule has 134 valence electrons. The van der Waals surface area contributed by atoms with E-state index in [0.717, 1.165) is 43.5 Å². The maximum absolute atomic E-state index is 12.1. The molecular formula is C21H28N2O2. The second-order valence-corrected chi connectivity index (χ2v) is 8.11. The van der Waals surface area contributed by atoms with Gasteiger partial charge in [0.05, 0.1) is 6.10 Å². The molecule has 4 nitrogen and oxygen atoms in total. The lowest BCUT2D eigenvalue weighted by Crippen LogP contribution is -2.35. The second kappa shape index (κ2) is 7.14. The van der Waals surface area contributed by atoms with Crippen LogP contribution in [0.4, 0.5) is 5.69 Å². The zero-order chi connectivity index (χ0) is 18.0. The molecule has 4 heteroatoms. The zero-order valence-electron chi connectivity index (χ0n) is 15.4. The summed E-state index contributed by atoms with van der Waals surface area (Å²) >= 11 is 0. The molecule has 25 heavy (non-hydrogen) atoms. The summed E-state index contributed by atoms with van der Waals surface area (Å²) in [5, 5.41) is 14.9. The number of fused-ring (bicyclic) bond motifs is 1. The molecule has 1 amide bonds. The molecule has 0 aliphatic carbocycles. The van der Waals surface area contributed by atoms with Crippen molar-refractivity contribution in [1.82, 2.24) is 4.90 Å². The molecule has 1 aliphatic rings. The average molecular weight is 340 g/mol. The Morgan fingerprint density at radius 1 is 1.12 bits per heavy atom. The molecule has 3 rings (SSSR count). The molecule has 2 N–H and O–H groups in total. The second-order valence-electron chi connectivity index (χ2n) is 8.11. The summed E-state index contributed by atoms with van der Waals surface area (Å²) in [4.78, 5) is 14.5. The first-order valence-electron chi connectivity index (χ1n) is 9.06. The van der Waals surface area contributed by atoms with Crippen LogP contribution in [0.25, 0.3) is 10.8 Å². The van der Waals surface area contributed by atoms with Gasteiger partial charge in [0.25, 0.3) is 0 Å². The summed E-state index contributed by atoms with van der Waals surface area (Å²) in [5.74, 6) is 0.0238. The molecule has 0 unspecified atom stereocenters. The minimum Gasteiger partial charge on any atom is -0.393 e. The van der Waals surface area contributed by atoms with Crippen molar-refractivity contribution in [3.05, 3.63) is 42.0 Å². The highest BCUT2D eigenvalue weighted by Crippen LogP contribution is 2.24. The summed E-state index contributed by atoms with van der Waals surface area (Å²) in [6.07, 6.45) is 1.60. The van der Waals surface area contributed by atoms with E-state index >= 15 is 0 Å². The summed E-state index contributed by atoms with van der Waals surface area (Å²) in [5.41, 5.74) is 1.72. The Kier molecular flexibility index (Phi) is 5.11. The minimum absolute atomic E-state index is 0.0238. The van der Waals surface area contributed by atoms with E-state index in [2.05, 4.69) is 34.5 Å². The molecule has 0 atom stereocenters. The Labute approximate surface area is 149 Å². The van der Waals surface area contributed by atoms with E-state index in [0.29, 0.717) is 0 Å². The van der Waals surface area contributed by atoms with E-state index in [1.54, 1.807) is 0 Å². The number of likely N-dealkylation sites (tertiary alicyclic amines) is 1. The quantitative estimate of drug-likeness (QED) is 0.894. The molecule has 0 bridgehead atoms. The lowest BCUT2D eigenvalue weighted by atomic mass is 9.95. The largest absolute Gasteiger partial charge is 0.393 e. The highest BCUT2D eigenvalue weighted by molar-refractivity contribution is 5.97. The predicted octanol–water partition coefficient (Wildman–Crippen LogP) is 3.78. The first kappa shape index (κ1) is 17.9. The van der Waals surface area contributed by atoms with E-state index in [1.807, 2.05) is 32.9 Å². The number of carbonyl (C=O) groups is 1. The third kappa shape index (κ3) is 4.59. The summed E-state index contributed by atoms with van der Waals surface area (Å²) in [6.45, 7) is 8.57. The Hall–Kier alpha value is -1.91. The predicted molar refractivity (Wildman–Crippen MR) is 103 cm³/mol. The van der Waals surface area contributed by atoms with Gasteiger partial charge in [-0.25, -0.2) is 0 Å². The van der Waals surface area contributed by atoms with Gasteiger partial charge >= 0.3 is 0 Å². The Morgan fingerprint density at radius 2 is 1.76 bits per heavy atom. The number of rotatable bonds is 3. The number of amides is 1. The van der Waals surface area contributed by atoms with Crippen LogP contribution in [0.3, 0.4) is 0 Å². The minimum atomic E-state index is -0.402. The lowest BCUT2D eigenvalue weighted by molar-refractivity contribution is -0.123. The summed E-state index contributed by atoms with van der Waals surface area (Å²) in [7, 11) is 0. The van der Waals surface area contributed by atoms with Gasteiger partial charge in [0.15, 0.2) is 0 Å². The molecule has 0 saturated carbocycles. The number of aliphatic hydroxyl groups is 1. The maximum Gasteiger partial charge on any atom is 0.229 e. The molecular weight excluding hydrogens is 312 g/mol. The number of carbonyl (C=O) groups excluding carboxylic acids is 1. The normalized spacial score (nSPS) is 17.0. The molecule has 0 radical (unpaired) electrons. The van der Waals surface area contributed by atoms with Crippen LogP contribution in [0.5, 0.6) is 0 Å². The monoisotopic (exact) mass is 340 g/mol. The average Bonchev–Trinajstić information content (AvgIpc) is 2.56. The number of benzene rings is 2. The fourth-order valence-electron chi connectivity index (χ4n) is 3.13. The van der Waals surface area contributed by atoms with E-state index in [-0.39, 0.29) is 12.0 Å². The van der Waals surface area contributed by atoms with Crippen LogP contribution in [-0.4, -0.2) is 35.1 Å². The van der Waals surface area contributed by atoms with Crippen molar-refractivity contribution >= 4 is 22.4 Å². The topological polar surface area (TPSA) is 52.6 Å². The first-order chi connectivity index (χ1) is 11.8. The van der Waals surface area contributed by atoms with Gasteiger partial charge in [-0.1, -0.05) is 39.0 Å². The third-order valence-corrected chi connectivity index (χ3v) is 4.81. The molecule has 1 aliphatic heterocycles.